The Bertz CT molecular complexity index is 326. The van der Waals surface area contributed by atoms with Gasteiger partial charge in [0.15, 0.2) is 6.17 Å². The summed E-state index contributed by atoms with van der Waals surface area (Å²) >= 11 is 12.5. The van der Waals surface area contributed by atoms with Gasteiger partial charge in [-0.3, -0.25) is 0 Å². The molecule has 10 heteroatoms. The number of carbonyl (C=O) groups is 2. The van der Waals surface area contributed by atoms with Gasteiger partial charge in [-0.2, -0.15) is 0 Å². The molecule has 1 N–H and O–H groups in total. The Morgan fingerprint density at radius 1 is 1.21 bits per heavy atom. The van der Waals surface area contributed by atoms with Crippen LogP contribution in [0, 0.1) is 0 Å². The summed E-state index contributed by atoms with van der Waals surface area (Å²) in [6.45, 7) is 0. The second-order valence-electron chi connectivity index (χ2n) is 2.64. The molecule has 2 rings (SSSR count). The molecule has 0 aliphatic carbocycles. The molecule has 2 atom stereocenters. The molecular formula is C4H2Br4N4O2. The minimum atomic E-state index is -0.981. The summed E-state index contributed by atoms with van der Waals surface area (Å²) in [5.74, 6) is 0. The smallest absolute Gasteiger partial charge is 0.311 e. The van der Waals surface area contributed by atoms with E-state index >= 15 is 0 Å². The zero-order valence-corrected chi connectivity index (χ0v) is 12.6. The van der Waals surface area contributed by atoms with Gasteiger partial charge in [0.25, 0.3) is 0 Å². The number of nitrogens with zero attached hydrogens (tertiary/aromatic N) is 3. The van der Waals surface area contributed by atoms with E-state index in [1.54, 1.807) is 0 Å². The standard InChI is InChI=1S/C4H2Br4N4O2/c5-4-1(9-2(13)11(4)7)10(6)3(14)12(4)8/h1H,(H,9,13). The van der Waals surface area contributed by atoms with Crippen LogP contribution in [0.15, 0.2) is 0 Å². The molecule has 2 aliphatic heterocycles. The summed E-state index contributed by atoms with van der Waals surface area (Å²) in [6.07, 6.45) is -0.527. The number of hydrogen-bond donors (Lipinski definition) is 1. The monoisotopic (exact) mass is 454 g/mol. The highest BCUT2D eigenvalue weighted by atomic mass is 79.9. The Morgan fingerprint density at radius 2 is 1.79 bits per heavy atom. The molecule has 0 bridgehead atoms. The van der Waals surface area contributed by atoms with Gasteiger partial charge >= 0.3 is 12.1 Å². The SMILES string of the molecule is O=C1NC2N(Br)C(=O)N(Br)C2(Br)N1Br. The van der Waals surface area contributed by atoms with Gasteiger partial charge in [-0.25, -0.2) is 21.4 Å². The highest BCUT2D eigenvalue weighted by Crippen LogP contribution is 2.48. The van der Waals surface area contributed by atoms with Gasteiger partial charge in [0.05, 0.1) is 48.4 Å². The zero-order valence-electron chi connectivity index (χ0n) is 6.25. The minimum Gasteiger partial charge on any atom is -0.311 e. The first-order valence-electron chi connectivity index (χ1n) is 3.31. The first-order valence-corrected chi connectivity index (χ1v) is 6.23. The number of urea groups is 2. The van der Waals surface area contributed by atoms with Crippen LogP contribution in [0.1, 0.15) is 0 Å². The summed E-state index contributed by atoms with van der Waals surface area (Å²) in [7, 11) is 0. The zero-order chi connectivity index (χ0) is 10.7. The van der Waals surface area contributed by atoms with E-state index in [-0.39, 0.29) is 12.1 Å². The highest BCUT2D eigenvalue weighted by molar-refractivity contribution is 9.13. The third-order valence-electron chi connectivity index (χ3n) is 1.91. The van der Waals surface area contributed by atoms with Crippen LogP contribution in [-0.4, -0.2) is 34.6 Å². The number of fused-ring (bicyclic) bond motifs is 1. The quantitative estimate of drug-likeness (QED) is 0.344. The molecule has 2 fully saturated rings. The Hall–Kier alpha value is 0.460. The van der Waals surface area contributed by atoms with E-state index in [9.17, 15) is 9.59 Å². The van der Waals surface area contributed by atoms with Crippen molar-refractivity contribution in [3.05, 3.63) is 0 Å². The summed E-state index contributed by atoms with van der Waals surface area (Å²) in [5.41, 5.74) is 0. The number of carbonyl (C=O) groups excluding carboxylic acids is 2. The molecule has 6 nitrogen and oxygen atoms in total. The molecule has 0 aromatic rings. The number of amides is 4. The predicted octanol–water partition coefficient (Wildman–Crippen LogP) is 2.05. The van der Waals surface area contributed by atoms with Crippen molar-refractivity contribution >= 4 is 76.4 Å². The molecule has 14 heavy (non-hydrogen) atoms. The fourth-order valence-electron chi connectivity index (χ4n) is 1.23. The third kappa shape index (κ3) is 1.11. The van der Waals surface area contributed by atoms with Gasteiger partial charge in [0.2, 0.25) is 4.57 Å². The van der Waals surface area contributed by atoms with Crippen molar-refractivity contribution in [3.63, 3.8) is 0 Å². The molecule has 4 amide bonds. The van der Waals surface area contributed by atoms with E-state index in [4.69, 9.17) is 0 Å². The normalized spacial score (nSPS) is 36.6. The van der Waals surface area contributed by atoms with Crippen molar-refractivity contribution < 1.29 is 9.59 Å². The largest absolute Gasteiger partial charge is 0.344 e. The van der Waals surface area contributed by atoms with Crippen LogP contribution in [0.2, 0.25) is 0 Å². The minimum absolute atomic E-state index is 0.323. The first-order chi connectivity index (χ1) is 6.40. The predicted molar refractivity (Wildman–Crippen MR) is 61.7 cm³/mol. The molecule has 0 aromatic carbocycles. The van der Waals surface area contributed by atoms with Crippen LogP contribution in [0.3, 0.4) is 0 Å². The number of hydrogen-bond acceptors (Lipinski definition) is 2. The summed E-state index contributed by atoms with van der Waals surface area (Å²) in [6, 6.07) is -0.662. The molecule has 2 unspecified atom stereocenters. The molecule has 0 saturated carbocycles. The molecular weight excluding hydrogens is 456 g/mol. The number of halogens is 4. The van der Waals surface area contributed by atoms with E-state index in [0.29, 0.717) is 0 Å². The number of rotatable bonds is 0. The Morgan fingerprint density at radius 3 is 2.29 bits per heavy atom. The van der Waals surface area contributed by atoms with Crippen LogP contribution in [-0.2, 0) is 0 Å². The van der Waals surface area contributed by atoms with E-state index in [1.807, 2.05) is 0 Å². The maximum Gasteiger partial charge on any atom is 0.344 e. The molecule has 78 valence electrons. The van der Waals surface area contributed by atoms with E-state index < -0.39 is 10.7 Å². The number of nitrogens with one attached hydrogen (secondary N) is 1. The van der Waals surface area contributed by atoms with Crippen molar-refractivity contribution in [1.82, 2.24) is 17.1 Å². The van der Waals surface area contributed by atoms with E-state index in [2.05, 4.69) is 69.7 Å². The Labute approximate surface area is 113 Å². The number of alkyl halides is 1. The molecule has 0 aromatic heterocycles. The van der Waals surface area contributed by atoms with Crippen LogP contribution in [0.25, 0.3) is 0 Å². The Kier molecular flexibility index (Phi) is 2.52. The van der Waals surface area contributed by atoms with Gasteiger partial charge in [-0.1, -0.05) is 0 Å². The molecule has 0 spiro atoms. The molecule has 2 saturated heterocycles. The highest BCUT2D eigenvalue weighted by Gasteiger charge is 2.65. The fourth-order valence-corrected chi connectivity index (χ4v) is 4.09. The topological polar surface area (TPSA) is 55.9 Å². The third-order valence-corrected chi connectivity index (χ3v) is 6.43. The van der Waals surface area contributed by atoms with Gasteiger partial charge in [0.1, 0.15) is 0 Å². The first kappa shape index (κ1) is 11.0. The van der Waals surface area contributed by atoms with Crippen molar-refractivity contribution in [2.45, 2.75) is 10.7 Å². The molecule has 2 aliphatic rings. The maximum atomic E-state index is 11.5. The lowest BCUT2D eigenvalue weighted by Crippen LogP contribution is -2.47. The lowest BCUT2D eigenvalue weighted by atomic mass is 10.4. The van der Waals surface area contributed by atoms with Crippen molar-refractivity contribution in [3.8, 4) is 0 Å². The van der Waals surface area contributed by atoms with Crippen molar-refractivity contribution in [2.75, 3.05) is 0 Å². The van der Waals surface area contributed by atoms with Crippen LogP contribution in [0.5, 0.6) is 0 Å². The van der Waals surface area contributed by atoms with Gasteiger partial charge < -0.3 is 5.32 Å². The fraction of sp³-hybridized carbons (Fsp3) is 0.500. The van der Waals surface area contributed by atoms with E-state index in [1.165, 1.54) is 11.8 Å². The maximum absolute atomic E-state index is 11.5. The second-order valence-corrected chi connectivity index (χ2v) is 5.99. The van der Waals surface area contributed by atoms with Crippen LogP contribution >= 0.6 is 64.4 Å². The van der Waals surface area contributed by atoms with Gasteiger partial charge in [-0.05, 0) is 15.9 Å². The van der Waals surface area contributed by atoms with Crippen molar-refractivity contribution in [2.24, 2.45) is 0 Å². The average molecular weight is 458 g/mol. The lowest BCUT2D eigenvalue weighted by Gasteiger charge is -2.28. The molecule has 0 radical (unpaired) electrons. The Balaban J connectivity index is 2.46. The summed E-state index contributed by atoms with van der Waals surface area (Å²) < 4.78 is 2.67. The van der Waals surface area contributed by atoms with Gasteiger partial charge in [-0.15, -0.1) is 0 Å². The second kappa shape index (κ2) is 3.22. The molecule has 2 heterocycles. The lowest BCUT2D eigenvalue weighted by molar-refractivity contribution is 0.209. The van der Waals surface area contributed by atoms with Crippen molar-refractivity contribution in [1.29, 1.82) is 0 Å². The summed E-state index contributed by atoms with van der Waals surface area (Å²) in [4.78, 5) is 22.8. The van der Waals surface area contributed by atoms with E-state index in [0.717, 1.165) is 0 Å². The summed E-state index contributed by atoms with van der Waals surface area (Å²) in [5, 5.41) is 2.60. The van der Waals surface area contributed by atoms with Crippen LogP contribution < -0.4 is 5.32 Å². The van der Waals surface area contributed by atoms with Gasteiger partial charge in [0, 0.05) is 0 Å². The van der Waals surface area contributed by atoms with Crippen LogP contribution in [0.4, 0.5) is 9.59 Å². The average Bonchev–Trinajstić information content (AvgIpc) is 2.47.